The van der Waals surface area contributed by atoms with Crippen LogP contribution in [0.3, 0.4) is 0 Å². The van der Waals surface area contributed by atoms with Gasteiger partial charge in [-0.15, -0.1) is 0 Å². The minimum absolute atomic E-state index is 0.00610. The average Bonchev–Trinajstić information content (AvgIpc) is 3.34. The van der Waals surface area contributed by atoms with Crippen molar-refractivity contribution in [3.05, 3.63) is 36.3 Å². The quantitative estimate of drug-likeness (QED) is 0.310. The summed E-state index contributed by atoms with van der Waals surface area (Å²) in [5, 5.41) is 14.8. The fourth-order valence-electron chi connectivity index (χ4n) is 4.41. The van der Waals surface area contributed by atoms with Crippen molar-refractivity contribution in [2.45, 2.75) is 37.8 Å². The summed E-state index contributed by atoms with van der Waals surface area (Å²) in [4.78, 5) is 36.5. The molecule has 4 N–H and O–H groups in total. The minimum atomic E-state index is -0.516. The molecular formula is C25H31N5O6. The molecule has 0 spiro atoms. The fraction of sp³-hybridized carbons (Fsp3) is 0.440. The molecule has 11 heteroatoms. The smallest absolute Gasteiger partial charge is 0.255 e. The second-order valence-electron chi connectivity index (χ2n) is 8.60. The third kappa shape index (κ3) is 5.74. The maximum atomic E-state index is 13.1. The number of aliphatic hydroxyl groups is 1. The molecular weight excluding hydrogens is 466 g/mol. The van der Waals surface area contributed by atoms with Crippen LogP contribution in [0.2, 0.25) is 0 Å². The summed E-state index contributed by atoms with van der Waals surface area (Å²) in [5.41, 5.74) is 2.91. The molecule has 3 aromatic rings. The van der Waals surface area contributed by atoms with E-state index in [1.54, 1.807) is 26.5 Å². The number of hydrogen-bond donors (Lipinski definition) is 4. The van der Waals surface area contributed by atoms with Gasteiger partial charge in [0.15, 0.2) is 0 Å². The van der Waals surface area contributed by atoms with Gasteiger partial charge >= 0.3 is 0 Å². The topological polar surface area (TPSA) is 148 Å². The third-order valence-corrected chi connectivity index (χ3v) is 6.27. The minimum Gasteiger partial charge on any atom is -0.497 e. The highest BCUT2D eigenvalue weighted by Crippen LogP contribution is 2.36. The van der Waals surface area contributed by atoms with Gasteiger partial charge < -0.3 is 34.9 Å². The second-order valence-corrected chi connectivity index (χ2v) is 8.60. The molecule has 2 heterocycles. The molecule has 11 nitrogen and oxygen atoms in total. The number of carbonyl (C=O) groups excluding carboxylic acids is 2. The molecule has 0 radical (unpaired) electrons. The first-order valence-electron chi connectivity index (χ1n) is 11.9. The summed E-state index contributed by atoms with van der Waals surface area (Å²) in [6.07, 6.45) is 6.01. The SMILES string of the molecule is COCCOc1cc(OC)ccc1-c1ncnc2c(C(=O)N[C@H]3CC[C@H](NC(=O)CO)CC3)c[nH]c12. The Balaban J connectivity index is 1.52. The number of aliphatic hydroxyl groups excluding tert-OH is 1. The number of fused-ring (bicyclic) bond motifs is 1. The Morgan fingerprint density at radius 3 is 2.53 bits per heavy atom. The van der Waals surface area contributed by atoms with Crippen molar-refractivity contribution in [1.82, 2.24) is 25.6 Å². The average molecular weight is 498 g/mol. The first-order chi connectivity index (χ1) is 17.5. The number of ether oxygens (including phenoxy) is 3. The highest BCUT2D eigenvalue weighted by Gasteiger charge is 2.25. The molecule has 1 saturated carbocycles. The normalized spacial score (nSPS) is 17.5. The number of methoxy groups -OCH3 is 2. The summed E-state index contributed by atoms with van der Waals surface area (Å²) in [6, 6.07) is 5.48. The van der Waals surface area contributed by atoms with Crippen LogP contribution in [0.1, 0.15) is 36.0 Å². The monoisotopic (exact) mass is 497 g/mol. The molecule has 2 aromatic heterocycles. The van der Waals surface area contributed by atoms with Gasteiger partial charge in [0, 0.05) is 37.0 Å². The molecule has 1 aliphatic rings. The zero-order valence-corrected chi connectivity index (χ0v) is 20.4. The molecule has 0 atom stereocenters. The number of amides is 2. The number of rotatable bonds is 10. The van der Waals surface area contributed by atoms with Crippen LogP contribution >= 0.6 is 0 Å². The summed E-state index contributed by atoms with van der Waals surface area (Å²) in [6.45, 7) is 0.270. The third-order valence-electron chi connectivity index (χ3n) is 6.27. The molecule has 192 valence electrons. The number of benzene rings is 1. The van der Waals surface area contributed by atoms with E-state index in [2.05, 4.69) is 25.6 Å². The van der Waals surface area contributed by atoms with Gasteiger partial charge in [0.1, 0.15) is 42.3 Å². The van der Waals surface area contributed by atoms with E-state index in [0.29, 0.717) is 47.0 Å². The summed E-state index contributed by atoms with van der Waals surface area (Å²) in [5.74, 6) is 0.631. The molecule has 0 bridgehead atoms. The largest absolute Gasteiger partial charge is 0.497 e. The number of hydrogen-bond acceptors (Lipinski definition) is 8. The van der Waals surface area contributed by atoms with Crippen molar-refractivity contribution in [2.75, 3.05) is 34.0 Å². The van der Waals surface area contributed by atoms with Crippen LogP contribution in [-0.4, -0.2) is 78.0 Å². The van der Waals surface area contributed by atoms with Crippen molar-refractivity contribution in [3.8, 4) is 22.8 Å². The Labute approximate surface area is 208 Å². The molecule has 0 unspecified atom stereocenters. The molecule has 1 fully saturated rings. The van der Waals surface area contributed by atoms with Gasteiger partial charge in [0.2, 0.25) is 5.91 Å². The van der Waals surface area contributed by atoms with E-state index < -0.39 is 6.61 Å². The molecule has 0 aliphatic heterocycles. The van der Waals surface area contributed by atoms with Crippen LogP contribution in [-0.2, 0) is 9.53 Å². The van der Waals surface area contributed by atoms with Crippen LogP contribution in [0.15, 0.2) is 30.7 Å². The standard InChI is InChI=1S/C25H31N5O6/c1-34-9-10-36-20-11-17(35-2)7-8-18(20)22-24-23(28-14-27-22)19(12-26-24)25(33)30-16-5-3-15(4-6-16)29-21(32)13-31/h7-8,11-12,14-16,26,31H,3-6,9-10,13H2,1-2H3,(H,29,32)(H,30,33)/t15-,16-. The van der Waals surface area contributed by atoms with Crippen molar-refractivity contribution < 1.29 is 28.9 Å². The summed E-state index contributed by atoms with van der Waals surface area (Å²) >= 11 is 0. The van der Waals surface area contributed by atoms with E-state index in [9.17, 15) is 9.59 Å². The summed E-state index contributed by atoms with van der Waals surface area (Å²) < 4.78 is 16.4. The first-order valence-corrected chi connectivity index (χ1v) is 11.9. The fourth-order valence-corrected chi connectivity index (χ4v) is 4.41. The molecule has 1 aromatic carbocycles. The number of nitrogens with one attached hydrogen (secondary N) is 3. The predicted molar refractivity (Wildman–Crippen MR) is 132 cm³/mol. The zero-order valence-electron chi connectivity index (χ0n) is 20.4. The van der Waals surface area contributed by atoms with Gasteiger partial charge in [0.05, 0.1) is 24.8 Å². The van der Waals surface area contributed by atoms with Crippen LogP contribution in [0, 0.1) is 0 Å². The van der Waals surface area contributed by atoms with Crippen molar-refractivity contribution >= 4 is 22.8 Å². The predicted octanol–water partition coefficient (Wildman–Crippen LogP) is 1.81. The maximum absolute atomic E-state index is 13.1. The zero-order chi connectivity index (χ0) is 25.5. The number of nitrogens with zero attached hydrogens (tertiary/aromatic N) is 2. The van der Waals surface area contributed by atoms with E-state index >= 15 is 0 Å². The van der Waals surface area contributed by atoms with Crippen molar-refractivity contribution in [2.24, 2.45) is 0 Å². The lowest BCUT2D eigenvalue weighted by atomic mass is 9.91. The maximum Gasteiger partial charge on any atom is 0.255 e. The van der Waals surface area contributed by atoms with Crippen LogP contribution in [0.5, 0.6) is 11.5 Å². The Bertz CT molecular complexity index is 1200. The van der Waals surface area contributed by atoms with Crippen LogP contribution in [0.25, 0.3) is 22.3 Å². The number of carbonyl (C=O) groups is 2. The molecule has 2 amide bonds. The first kappa shape index (κ1) is 25.4. The molecule has 4 rings (SSSR count). The van der Waals surface area contributed by atoms with E-state index in [4.69, 9.17) is 19.3 Å². The van der Waals surface area contributed by atoms with Gasteiger partial charge in [-0.3, -0.25) is 9.59 Å². The number of aromatic nitrogens is 3. The Morgan fingerprint density at radius 1 is 1.08 bits per heavy atom. The Kier molecular flexibility index (Phi) is 8.34. The lowest BCUT2D eigenvalue weighted by molar-refractivity contribution is -0.124. The number of aromatic amines is 1. The lowest BCUT2D eigenvalue weighted by Crippen LogP contribution is -2.44. The van der Waals surface area contributed by atoms with Crippen molar-refractivity contribution in [3.63, 3.8) is 0 Å². The Hall–Kier alpha value is -3.70. The van der Waals surface area contributed by atoms with Gasteiger partial charge in [-0.2, -0.15) is 0 Å². The number of H-pyrrole nitrogens is 1. The van der Waals surface area contributed by atoms with E-state index in [-0.39, 0.29) is 23.9 Å². The highest BCUT2D eigenvalue weighted by atomic mass is 16.5. The van der Waals surface area contributed by atoms with Crippen molar-refractivity contribution in [1.29, 1.82) is 0 Å². The molecule has 0 saturated heterocycles. The van der Waals surface area contributed by atoms with E-state index in [0.717, 1.165) is 31.2 Å². The van der Waals surface area contributed by atoms with E-state index in [1.807, 2.05) is 12.1 Å². The van der Waals surface area contributed by atoms with E-state index in [1.165, 1.54) is 6.33 Å². The van der Waals surface area contributed by atoms with Gasteiger partial charge in [-0.05, 0) is 37.8 Å². The molecule has 1 aliphatic carbocycles. The highest BCUT2D eigenvalue weighted by molar-refractivity contribution is 6.08. The Morgan fingerprint density at radius 2 is 1.83 bits per heavy atom. The van der Waals surface area contributed by atoms with Crippen LogP contribution < -0.4 is 20.1 Å². The lowest BCUT2D eigenvalue weighted by Gasteiger charge is -2.29. The van der Waals surface area contributed by atoms with Gasteiger partial charge in [-0.25, -0.2) is 9.97 Å². The van der Waals surface area contributed by atoms with Gasteiger partial charge in [0.25, 0.3) is 5.91 Å². The molecule has 36 heavy (non-hydrogen) atoms. The van der Waals surface area contributed by atoms with Gasteiger partial charge in [-0.1, -0.05) is 0 Å². The second kappa shape index (κ2) is 11.8. The summed E-state index contributed by atoms with van der Waals surface area (Å²) in [7, 11) is 3.19. The van der Waals surface area contributed by atoms with Crippen LogP contribution in [0.4, 0.5) is 0 Å².